The zero-order chi connectivity index (χ0) is 12.7. The number of pyridine rings is 1. The lowest BCUT2D eigenvalue weighted by Crippen LogP contribution is -2.22. The van der Waals surface area contributed by atoms with Crippen LogP contribution in [0, 0.1) is 5.82 Å². The standard InChI is InChI=1S/C13H12BrFN2O/c14-13-9-1-4-12(17-6-5-8(18)7-17)16-11(9)3-2-10(13)15/h1-4,8,18H,5-7H2/t8-/m1/s1. The van der Waals surface area contributed by atoms with Crippen LogP contribution in [0.1, 0.15) is 6.42 Å². The molecule has 1 N–H and O–H groups in total. The van der Waals surface area contributed by atoms with Gasteiger partial charge in [-0.2, -0.15) is 0 Å². The summed E-state index contributed by atoms with van der Waals surface area (Å²) in [5.41, 5.74) is 0.752. The predicted octanol–water partition coefficient (Wildman–Crippen LogP) is 2.71. The first kappa shape index (κ1) is 11.9. The van der Waals surface area contributed by atoms with Crippen molar-refractivity contribution in [3.8, 4) is 0 Å². The van der Waals surface area contributed by atoms with Gasteiger partial charge in [-0.25, -0.2) is 9.37 Å². The van der Waals surface area contributed by atoms with Crippen molar-refractivity contribution in [1.29, 1.82) is 0 Å². The van der Waals surface area contributed by atoms with E-state index in [1.54, 1.807) is 6.07 Å². The summed E-state index contributed by atoms with van der Waals surface area (Å²) in [6.07, 6.45) is 0.495. The molecule has 0 spiro atoms. The van der Waals surface area contributed by atoms with Gasteiger partial charge in [0.25, 0.3) is 0 Å². The van der Waals surface area contributed by atoms with Crippen molar-refractivity contribution in [2.45, 2.75) is 12.5 Å². The highest BCUT2D eigenvalue weighted by molar-refractivity contribution is 9.10. The molecule has 2 aromatic rings. The number of hydrogen-bond acceptors (Lipinski definition) is 3. The number of rotatable bonds is 1. The third-order valence-corrected chi connectivity index (χ3v) is 4.04. The monoisotopic (exact) mass is 310 g/mol. The van der Waals surface area contributed by atoms with Crippen molar-refractivity contribution in [2.75, 3.05) is 18.0 Å². The first-order valence-corrected chi connectivity index (χ1v) is 6.62. The minimum absolute atomic E-state index is 0.276. The van der Waals surface area contributed by atoms with E-state index >= 15 is 0 Å². The Bertz CT molecular complexity index is 605. The van der Waals surface area contributed by atoms with Gasteiger partial charge in [0, 0.05) is 18.5 Å². The molecule has 1 atom stereocenters. The number of aliphatic hydroxyl groups excluding tert-OH is 1. The molecule has 18 heavy (non-hydrogen) atoms. The zero-order valence-corrected chi connectivity index (χ0v) is 11.2. The summed E-state index contributed by atoms with van der Waals surface area (Å²) < 4.78 is 13.8. The summed E-state index contributed by atoms with van der Waals surface area (Å²) in [5, 5.41) is 10.3. The van der Waals surface area contributed by atoms with Crippen molar-refractivity contribution < 1.29 is 9.50 Å². The van der Waals surface area contributed by atoms with E-state index in [0.717, 1.165) is 29.7 Å². The van der Waals surface area contributed by atoms with Crippen molar-refractivity contribution in [1.82, 2.24) is 4.98 Å². The normalized spacial score (nSPS) is 19.7. The molecular weight excluding hydrogens is 299 g/mol. The maximum atomic E-state index is 13.4. The lowest BCUT2D eigenvalue weighted by atomic mass is 10.2. The second-order valence-electron chi connectivity index (χ2n) is 4.49. The third-order valence-electron chi connectivity index (χ3n) is 3.23. The van der Waals surface area contributed by atoms with Gasteiger partial charge in [-0.1, -0.05) is 0 Å². The molecule has 5 heteroatoms. The van der Waals surface area contributed by atoms with Gasteiger partial charge in [-0.05, 0) is 46.6 Å². The summed E-state index contributed by atoms with van der Waals surface area (Å²) in [6, 6.07) is 6.80. The van der Waals surface area contributed by atoms with Crippen molar-refractivity contribution in [3.05, 3.63) is 34.6 Å². The zero-order valence-electron chi connectivity index (χ0n) is 9.61. The van der Waals surface area contributed by atoms with Crippen LogP contribution in [0.4, 0.5) is 10.2 Å². The molecule has 0 aliphatic carbocycles. The number of anilines is 1. The van der Waals surface area contributed by atoms with Crippen LogP contribution in [0.2, 0.25) is 0 Å². The predicted molar refractivity (Wildman–Crippen MR) is 72.2 cm³/mol. The van der Waals surface area contributed by atoms with Crippen LogP contribution in [0.15, 0.2) is 28.7 Å². The molecule has 1 fully saturated rings. The summed E-state index contributed by atoms with van der Waals surface area (Å²) >= 11 is 3.23. The fourth-order valence-corrected chi connectivity index (χ4v) is 2.72. The number of benzene rings is 1. The van der Waals surface area contributed by atoms with Gasteiger partial charge in [0.15, 0.2) is 0 Å². The Morgan fingerprint density at radius 3 is 2.89 bits per heavy atom. The Labute approximate surface area is 112 Å². The summed E-state index contributed by atoms with van der Waals surface area (Å²) in [6.45, 7) is 1.42. The van der Waals surface area contributed by atoms with E-state index in [2.05, 4.69) is 20.9 Å². The average Bonchev–Trinajstić information content (AvgIpc) is 2.80. The van der Waals surface area contributed by atoms with E-state index < -0.39 is 0 Å². The van der Waals surface area contributed by atoms with Gasteiger partial charge >= 0.3 is 0 Å². The molecule has 1 aliphatic heterocycles. The highest BCUT2D eigenvalue weighted by Gasteiger charge is 2.21. The molecule has 0 unspecified atom stereocenters. The number of nitrogens with zero attached hydrogens (tertiary/aromatic N) is 2. The quantitative estimate of drug-likeness (QED) is 0.880. The number of β-amino-alcohol motifs (C(OH)–C–C–N with tert-alkyl or cyclic N) is 1. The van der Waals surface area contributed by atoms with E-state index in [-0.39, 0.29) is 11.9 Å². The summed E-state index contributed by atoms with van der Waals surface area (Å²) in [5.74, 6) is 0.547. The first-order chi connectivity index (χ1) is 8.65. The Morgan fingerprint density at radius 2 is 2.17 bits per heavy atom. The van der Waals surface area contributed by atoms with Crippen molar-refractivity contribution in [3.63, 3.8) is 0 Å². The van der Waals surface area contributed by atoms with Crippen molar-refractivity contribution in [2.24, 2.45) is 0 Å². The molecule has 0 amide bonds. The smallest absolute Gasteiger partial charge is 0.138 e. The van der Waals surface area contributed by atoms with Crippen LogP contribution in [-0.2, 0) is 0 Å². The molecule has 3 nitrogen and oxygen atoms in total. The first-order valence-electron chi connectivity index (χ1n) is 5.83. The molecule has 1 aliphatic rings. The molecule has 2 heterocycles. The molecular formula is C13H12BrFN2O. The molecule has 1 saturated heterocycles. The molecule has 0 radical (unpaired) electrons. The molecule has 1 aromatic heterocycles. The van der Waals surface area contributed by atoms with Crippen LogP contribution in [-0.4, -0.2) is 29.3 Å². The minimum atomic E-state index is -0.284. The van der Waals surface area contributed by atoms with Crippen LogP contribution < -0.4 is 4.90 Å². The molecule has 0 bridgehead atoms. The van der Waals surface area contributed by atoms with E-state index in [1.165, 1.54) is 6.07 Å². The lowest BCUT2D eigenvalue weighted by Gasteiger charge is -2.17. The van der Waals surface area contributed by atoms with Crippen LogP contribution >= 0.6 is 15.9 Å². The Balaban J connectivity index is 2.04. The number of fused-ring (bicyclic) bond motifs is 1. The average molecular weight is 311 g/mol. The van der Waals surface area contributed by atoms with Gasteiger partial charge in [0.1, 0.15) is 11.6 Å². The number of aliphatic hydroxyl groups is 1. The number of hydrogen-bond donors (Lipinski definition) is 1. The van der Waals surface area contributed by atoms with E-state index in [0.29, 0.717) is 11.0 Å². The van der Waals surface area contributed by atoms with E-state index in [4.69, 9.17) is 0 Å². The molecule has 0 saturated carbocycles. The summed E-state index contributed by atoms with van der Waals surface area (Å²) in [4.78, 5) is 6.55. The van der Waals surface area contributed by atoms with Crippen LogP contribution in [0.5, 0.6) is 0 Å². The van der Waals surface area contributed by atoms with Crippen molar-refractivity contribution >= 4 is 32.7 Å². The minimum Gasteiger partial charge on any atom is -0.391 e. The van der Waals surface area contributed by atoms with E-state index in [1.807, 2.05) is 17.0 Å². The summed E-state index contributed by atoms with van der Waals surface area (Å²) in [7, 11) is 0. The maximum Gasteiger partial charge on any atom is 0.138 e. The van der Waals surface area contributed by atoms with Gasteiger partial charge < -0.3 is 10.0 Å². The highest BCUT2D eigenvalue weighted by Crippen LogP contribution is 2.28. The van der Waals surface area contributed by atoms with Gasteiger partial charge in [-0.15, -0.1) is 0 Å². The number of aromatic nitrogens is 1. The van der Waals surface area contributed by atoms with E-state index in [9.17, 15) is 9.50 Å². The second-order valence-corrected chi connectivity index (χ2v) is 5.28. The topological polar surface area (TPSA) is 36.4 Å². The van der Waals surface area contributed by atoms with Gasteiger partial charge in [0.05, 0.1) is 16.1 Å². The lowest BCUT2D eigenvalue weighted by molar-refractivity contribution is 0.198. The van der Waals surface area contributed by atoms with Crippen LogP contribution in [0.25, 0.3) is 10.9 Å². The molecule has 1 aromatic carbocycles. The fourth-order valence-electron chi connectivity index (χ4n) is 2.26. The van der Waals surface area contributed by atoms with Crippen LogP contribution in [0.3, 0.4) is 0 Å². The fraction of sp³-hybridized carbons (Fsp3) is 0.308. The largest absolute Gasteiger partial charge is 0.391 e. The Hall–Kier alpha value is -1.20. The Morgan fingerprint density at radius 1 is 1.33 bits per heavy atom. The molecule has 3 rings (SSSR count). The second kappa shape index (κ2) is 4.48. The highest BCUT2D eigenvalue weighted by atomic mass is 79.9. The third kappa shape index (κ3) is 1.97. The van der Waals surface area contributed by atoms with Gasteiger partial charge in [-0.3, -0.25) is 0 Å². The van der Waals surface area contributed by atoms with Gasteiger partial charge in [0.2, 0.25) is 0 Å². The SMILES string of the molecule is O[C@@H]1CCN(c2ccc3c(Br)c(F)ccc3n2)C1. The number of halogens is 2. The molecule has 94 valence electrons. The maximum absolute atomic E-state index is 13.4. The Kier molecular flexibility index (Phi) is 2.95.